The molecule has 0 amide bonds. The monoisotopic (exact) mass is 410 g/mol. The van der Waals surface area contributed by atoms with E-state index in [4.69, 9.17) is 9.16 Å². The number of hydrogen-bond acceptors (Lipinski definition) is 3. The van der Waals surface area contributed by atoms with Crippen molar-refractivity contribution in [2.75, 3.05) is 7.11 Å². The molecule has 1 fully saturated rings. The fourth-order valence-corrected chi connectivity index (χ4v) is 9.54. The largest absolute Gasteiger partial charge is 0.469 e. The van der Waals surface area contributed by atoms with Crippen molar-refractivity contribution in [1.29, 1.82) is 0 Å². The first-order valence-electron chi connectivity index (χ1n) is 10.7. The number of ether oxygens (including phenoxy) is 1. The summed E-state index contributed by atoms with van der Waals surface area (Å²) in [5, 5.41) is 2.50. The number of methoxy groups -OCH3 is 1. The zero-order valence-electron chi connectivity index (χ0n) is 18.4. The van der Waals surface area contributed by atoms with E-state index in [0.717, 1.165) is 19.3 Å². The normalized spacial score (nSPS) is 22.9. The summed E-state index contributed by atoms with van der Waals surface area (Å²) < 4.78 is 12.3. The van der Waals surface area contributed by atoms with E-state index in [-0.39, 0.29) is 23.0 Å². The third-order valence-corrected chi connectivity index (χ3v) is 11.5. The Kier molecular flexibility index (Phi) is 6.64. The van der Waals surface area contributed by atoms with Gasteiger partial charge in [-0.3, -0.25) is 4.79 Å². The summed E-state index contributed by atoms with van der Waals surface area (Å²) in [6.45, 7) is 9.15. The lowest BCUT2D eigenvalue weighted by molar-refractivity contribution is -0.148. The average Bonchev–Trinajstić information content (AvgIpc) is 2.73. The summed E-state index contributed by atoms with van der Waals surface area (Å²) >= 11 is 0. The van der Waals surface area contributed by atoms with Gasteiger partial charge in [-0.1, -0.05) is 88.4 Å². The van der Waals surface area contributed by atoms with Gasteiger partial charge in [-0.05, 0) is 40.6 Å². The molecule has 1 saturated carbocycles. The van der Waals surface area contributed by atoms with E-state index in [1.165, 1.54) is 17.5 Å². The standard InChI is InChI=1S/C25H34O3Si/c1-19-16-17-20(24(26)27-5)18-23(19)28-29(25(2,3)4,21-12-8-6-9-13-21)22-14-10-7-11-15-22/h6-15,19-20,23H,16-18H2,1-5H3/t19-,20+,23+/m1/s1. The highest BCUT2D eigenvalue weighted by Gasteiger charge is 2.52. The predicted octanol–water partition coefficient (Wildman–Crippen LogP) is 4.54. The minimum Gasteiger partial charge on any atom is -0.469 e. The number of carbonyl (C=O) groups is 1. The molecule has 1 aliphatic rings. The smallest absolute Gasteiger partial charge is 0.308 e. The Morgan fingerprint density at radius 1 is 0.931 bits per heavy atom. The van der Waals surface area contributed by atoms with Gasteiger partial charge in [-0.25, -0.2) is 0 Å². The van der Waals surface area contributed by atoms with Gasteiger partial charge < -0.3 is 9.16 Å². The van der Waals surface area contributed by atoms with Crippen LogP contribution in [0.25, 0.3) is 0 Å². The lowest BCUT2D eigenvalue weighted by Crippen LogP contribution is -2.68. The average molecular weight is 411 g/mol. The first kappa shape index (κ1) is 21.8. The van der Waals surface area contributed by atoms with Crippen molar-refractivity contribution in [3.8, 4) is 0 Å². The van der Waals surface area contributed by atoms with E-state index < -0.39 is 8.32 Å². The number of rotatable bonds is 5. The predicted molar refractivity (Wildman–Crippen MR) is 121 cm³/mol. The van der Waals surface area contributed by atoms with Crippen LogP contribution in [-0.4, -0.2) is 27.5 Å². The molecule has 156 valence electrons. The highest BCUT2D eigenvalue weighted by Crippen LogP contribution is 2.41. The fourth-order valence-electron chi connectivity index (χ4n) is 4.74. The fraction of sp³-hybridized carbons (Fsp3) is 0.480. The Morgan fingerprint density at radius 2 is 1.45 bits per heavy atom. The Balaban J connectivity index is 2.09. The third-order valence-electron chi connectivity index (χ3n) is 6.40. The highest BCUT2D eigenvalue weighted by molar-refractivity contribution is 6.99. The van der Waals surface area contributed by atoms with E-state index in [0.29, 0.717) is 5.92 Å². The van der Waals surface area contributed by atoms with Gasteiger partial charge in [0.25, 0.3) is 8.32 Å². The molecule has 0 bridgehead atoms. The second kappa shape index (κ2) is 8.84. The maximum absolute atomic E-state index is 12.3. The molecule has 3 nitrogen and oxygen atoms in total. The summed E-state index contributed by atoms with van der Waals surface area (Å²) in [4.78, 5) is 12.3. The topological polar surface area (TPSA) is 35.5 Å². The molecular formula is C25H34O3Si. The van der Waals surface area contributed by atoms with Gasteiger partial charge in [-0.2, -0.15) is 0 Å². The summed E-state index contributed by atoms with van der Waals surface area (Å²) in [5.41, 5.74) is 0. The Bertz CT molecular complexity index is 758. The van der Waals surface area contributed by atoms with Crippen molar-refractivity contribution in [1.82, 2.24) is 0 Å². The summed E-state index contributed by atoms with van der Waals surface area (Å²) in [7, 11) is -1.12. The molecule has 0 heterocycles. The van der Waals surface area contributed by atoms with Crippen molar-refractivity contribution in [3.63, 3.8) is 0 Å². The lowest BCUT2D eigenvalue weighted by Gasteiger charge is -2.47. The van der Waals surface area contributed by atoms with Gasteiger partial charge in [0.2, 0.25) is 0 Å². The highest BCUT2D eigenvalue weighted by atomic mass is 28.4. The molecule has 3 rings (SSSR count). The van der Waals surface area contributed by atoms with E-state index in [1.54, 1.807) is 0 Å². The zero-order valence-corrected chi connectivity index (χ0v) is 19.4. The van der Waals surface area contributed by atoms with Crippen molar-refractivity contribution in [2.24, 2.45) is 11.8 Å². The molecule has 0 aromatic heterocycles. The Hall–Kier alpha value is -1.91. The molecule has 0 saturated heterocycles. The van der Waals surface area contributed by atoms with Gasteiger partial charge in [0, 0.05) is 6.10 Å². The van der Waals surface area contributed by atoms with Crippen molar-refractivity contribution >= 4 is 24.7 Å². The second-order valence-corrected chi connectivity index (χ2v) is 13.6. The number of benzene rings is 2. The van der Waals surface area contributed by atoms with Crippen molar-refractivity contribution < 1.29 is 14.0 Å². The van der Waals surface area contributed by atoms with Gasteiger partial charge >= 0.3 is 5.97 Å². The van der Waals surface area contributed by atoms with Crippen LogP contribution in [0.5, 0.6) is 0 Å². The van der Waals surface area contributed by atoms with Crippen LogP contribution >= 0.6 is 0 Å². The number of hydrogen-bond donors (Lipinski definition) is 0. The first-order valence-corrected chi connectivity index (χ1v) is 12.6. The van der Waals surface area contributed by atoms with Crippen LogP contribution in [0, 0.1) is 11.8 Å². The zero-order chi connectivity index (χ0) is 21.1. The second-order valence-electron chi connectivity index (χ2n) is 9.33. The van der Waals surface area contributed by atoms with Crippen LogP contribution in [0.3, 0.4) is 0 Å². The molecule has 0 spiro atoms. The molecule has 2 aromatic carbocycles. The molecule has 0 radical (unpaired) electrons. The number of carbonyl (C=O) groups excluding carboxylic acids is 1. The summed E-state index contributed by atoms with van der Waals surface area (Å²) in [6.07, 6.45) is 2.65. The van der Waals surface area contributed by atoms with Gasteiger partial charge in [0.1, 0.15) is 0 Å². The van der Waals surface area contributed by atoms with E-state index >= 15 is 0 Å². The Morgan fingerprint density at radius 3 is 1.90 bits per heavy atom. The van der Waals surface area contributed by atoms with Crippen LogP contribution in [0.2, 0.25) is 5.04 Å². The van der Waals surface area contributed by atoms with Crippen molar-refractivity contribution in [2.45, 2.75) is 58.1 Å². The Labute approximate surface area is 176 Å². The molecule has 0 N–H and O–H groups in total. The van der Waals surface area contributed by atoms with E-state index in [1.807, 2.05) is 0 Å². The van der Waals surface area contributed by atoms with Gasteiger partial charge in [0.05, 0.1) is 13.0 Å². The van der Waals surface area contributed by atoms with Gasteiger partial charge in [-0.15, -0.1) is 0 Å². The number of esters is 1. The maximum atomic E-state index is 12.3. The molecule has 1 aliphatic carbocycles. The van der Waals surface area contributed by atoms with E-state index in [9.17, 15) is 4.79 Å². The molecule has 0 aliphatic heterocycles. The maximum Gasteiger partial charge on any atom is 0.308 e. The summed E-state index contributed by atoms with van der Waals surface area (Å²) in [5.74, 6) is 0.241. The van der Waals surface area contributed by atoms with Crippen LogP contribution in [-0.2, 0) is 14.0 Å². The van der Waals surface area contributed by atoms with Crippen LogP contribution in [0.1, 0.15) is 47.0 Å². The molecule has 4 heteroatoms. The first-order chi connectivity index (χ1) is 13.8. The third kappa shape index (κ3) is 4.34. The summed E-state index contributed by atoms with van der Waals surface area (Å²) in [6, 6.07) is 21.4. The van der Waals surface area contributed by atoms with Crippen LogP contribution < -0.4 is 10.4 Å². The van der Waals surface area contributed by atoms with Gasteiger partial charge in [0.15, 0.2) is 0 Å². The minimum atomic E-state index is -2.61. The van der Waals surface area contributed by atoms with Crippen molar-refractivity contribution in [3.05, 3.63) is 60.7 Å². The quantitative estimate of drug-likeness (QED) is 0.536. The SMILES string of the molecule is COC(=O)[C@H]1CC[C@@H](C)[C@@H](O[Si](c2ccccc2)(c2ccccc2)C(C)(C)C)C1. The van der Waals surface area contributed by atoms with E-state index in [2.05, 4.69) is 88.4 Å². The molecule has 29 heavy (non-hydrogen) atoms. The molecule has 2 aromatic rings. The molecule has 0 unspecified atom stereocenters. The molecular weight excluding hydrogens is 376 g/mol. The lowest BCUT2D eigenvalue weighted by atomic mass is 9.81. The van der Waals surface area contributed by atoms with Crippen LogP contribution in [0.4, 0.5) is 0 Å². The molecule has 3 atom stereocenters. The minimum absolute atomic E-state index is 0.0409. The van der Waals surface area contributed by atoms with Crippen LogP contribution in [0.15, 0.2) is 60.7 Å².